The molecule has 128 valence electrons. The summed E-state index contributed by atoms with van der Waals surface area (Å²) in [6.07, 6.45) is 0.240. The van der Waals surface area contributed by atoms with Gasteiger partial charge < -0.3 is 25.2 Å². The lowest BCUT2D eigenvalue weighted by molar-refractivity contribution is -0.137. The fraction of sp³-hybridized carbons (Fsp3) is 0.429. The molecule has 3 N–H and O–H groups in total. The molecule has 0 fully saturated rings. The number of hydrogen-bond donors (Lipinski definition) is 3. The standard InChI is InChI=1S/C14H18F2N2O5/c1-22-10-4-5-11(23-13(15)16)9(7-10)8-18-14(21)17-6-2-3-12(19)20/h4-5,7,13H,2-3,6,8H2,1H3,(H,19,20)(H2,17,18,21). The summed E-state index contributed by atoms with van der Waals surface area (Å²) in [7, 11) is 1.43. The molecule has 1 aromatic rings. The second-order valence-electron chi connectivity index (χ2n) is 4.46. The third-order valence-corrected chi connectivity index (χ3v) is 2.78. The molecule has 0 spiro atoms. The van der Waals surface area contributed by atoms with E-state index < -0.39 is 18.6 Å². The van der Waals surface area contributed by atoms with Gasteiger partial charge in [0.1, 0.15) is 11.5 Å². The SMILES string of the molecule is COc1ccc(OC(F)F)c(CNC(=O)NCCCC(=O)O)c1. The van der Waals surface area contributed by atoms with Crippen LogP contribution in [0.2, 0.25) is 0 Å². The lowest BCUT2D eigenvalue weighted by Gasteiger charge is -2.13. The molecule has 0 atom stereocenters. The van der Waals surface area contributed by atoms with Gasteiger partial charge in [-0.05, 0) is 24.6 Å². The van der Waals surface area contributed by atoms with Gasteiger partial charge in [-0.1, -0.05) is 0 Å². The first-order chi connectivity index (χ1) is 10.9. The summed E-state index contributed by atoms with van der Waals surface area (Å²) in [5.41, 5.74) is 0.324. The van der Waals surface area contributed by atoms with Crippen molar-refractivity contribution in [3.63, 3.8) is 0 Å². The second-order valence-corrected chi connectivity index (χ2v) is 4.46. The molecule has 0 bridgehead atoms. The predicted molar refractivity (Wildman–Crippen MR) is 76.7 cm³/mol. The number of carboxylic acids is 1. The van der Waals surface area contributed by atoms with Gasteiger partial charge in [0, 0.05) is 25.1 Å². The van der Waals surface area contributed by atoms with Crippen LogP contribution in [0.15, 0.2) is 18.2 Å². The third-order valence-electron chi connectivity index (χ3n) is 2.78. The van der Waals surface area contributed by atoms with Crippen LogP contribution in [0.25, 0.3) is 0 Å². The van der Waals surface area contributed by atoms with E-state index in [1.807, 2.05) is 0 Å². The Kier molecular flexibility index (Phi) is 7.58. The van der Waals surface area contributed by atoms with Gasteiger partial charge in [0.25, 0.3) is 0 Å². The summed E-state index contributed by atoms with van der Waals surface area (Å²) in [6, 6.07) is 3.73. The topological polar surface area (TPSA) is 96.9 Å². The average molecular weight is 332 g/mol. The zero-order chi connectivity index (χ0) is 17.2. The largest absolute Gasteiger partial charge is 0.497 e. The number of carbonyl (C=O) groups excluding carboxylic acids is 1. The highest BCUT2D eigenvalue weighted by Gasteiger charge is 2.12. The Morgan fingerprint density at radius 1 is 1.30 bits per heavy atom. The number of urea groups is 1. The number of hydrogen-bond acceptors (Lipinski definition) is 4. The van der Waals surface area contributed by atoms with Crippen molar-refractivity contribution >= 4 is 12.0 Å². The number of methoxy groups -OCH3 is 1. The van der Waals surface area contributed by atoms with Crippen LogP contribution in [-0.4, -0.2) is 37.4 Å². The number of carbonyl (C=O) groups is 2. The first-order valence-electron chi connectivity index (χ1n) is 6.77. The van der Waals surface area contributed by atoms with Crippen molar-refractivity contribution in [1.29, 1.82) is 0 Å². The molecular formula is C14H18F2N2O5. The fourth-order valence-corrected chi connectivity index (χ4v) is 1.71. The Balaban J connectivity index is 2.54. The number of halogens is 2. The van der Waals surface area contributed by atoms with Crippen LogP contribution in [0.5, 0.6) is 11.5 Å². The third kappa shape index (κ3) is 7.30. The van der Waals surface area contributed by atoms with Crippen LogP contribution >= 0.6 is 0 Å². The van der Waals surface area contributed by atoms with Crippen LogP contribution in [0, 0.1) is 0 Å². The highest BCUT2D eigenvalue weighted by molar-refractivity contribution is 5.74. The monoisotopic (exact) mass is 332 g/mol. The predicted octanol–water partition coefficient (Wildman–Crippen LogP) is 1.96. The molecule has 7 nitrogen and oxygen atoms in total. The fourth-order valence-electron chi connectivity index (χ4n) is 1.71. The van der Waals surface area contributed by atoms with Crippen molar-refractivity contribution in [3.05, 3.63) is 23.8 Å². The summed E-state index contributed by atoms with van der Waals surface area (Å²) in [5.74, 6) is -0.574. The molecule has 0 aliphatic carbocycles. The molecule has 1 rings (SSSR count). The number of carboxylic acid groups (broad SMARTS) is 1. The Morgan fingerprint density at radius 2 is 2.04 bits per heavy atom. The zero-order valence-electron chi connectivity index (χ0n) is 12.5. The van der Waals surface area contributed by atoms with E-state index in [0.29, 0.717) is 17.7 Å². The molecule has 0 saturated heterocycles. The van der Waals surface area contributed by atoms with E-state index in [2.05, 4.69) is 15.4 Å². The smallest absolute Gasteiger partial charge is 0.387 e. The van der Waals surface area contributed by atoms with Gasteiger partial charge in [0.2, 0.25) is 0 Å². The summed E-state index contributed by atoms with van der Waals surface area (Å²) in [5, 5.41) is 13.4. The van der Waals surface area contributed by atoms with Crippen LogP contribution < -0.4 is 20.1 Å². The van der Waals surface area contributed by atoms with Gasteiger partial charge in [0.05, 0.1) is 7.11 Å². The van der Waals surface area contributed by atoms with E-state index in [4.69, 9.17) is 9.84 Å². The molecule has 0 unspecified atom stereocenters. The van der Waals surface area contributed by atoms with Crippen molar-refractivity contribution in [2.24, 2.45) is 0 Å². The molecule has 1 aromatic carbocycles. The number of rotatable bonds is 9. The van der Waals surface area contributed by atoms with Gasteiger partial charge in [-0.3, -0.25) is 4.79 Å². The van der Waals surface area contributed by atoms with Crippen molar-refractivity contribution in [2.45, 2.75) is 26.0 Å². The van der Waals surface area contributed by atoms with E-state index in [9.17, 15) is 18.4 Å². The first-order valence-corrected chi connectivity index (χ1v) is 6.77. The van der Waals surface area contributed by atoms with E-state index in [0.717, 1.165) is 0 Å². The number of alkyl halides is 2. The Bertz CT molecular complexity index is 540. The molecule has 9 heteroatoms. The minimum Gasteiger partial charge on any atom is -0.497 e. The summed E-state index contributed by atoms with van der Waals surface area (Å²) in [6.45, 7) is -2.84. The normalized spacial score (nSPS) is 10.3. The molecule has 0 aliphatic heterocycles. The maximum absolute atomic E-state index is 12.4. The van der Waals surface area contributed by atoms with Gasteiger partial charge in [-0.25, -0.2) is 4.79 Å². The number of amides is 2. The number of aliphatic carboxylic acids is 1. The minimum atomic E-state index is -2.98. The number of ether oxygens (including phenoxy) is 2. The minimum absolute atomic E-state index is 0.0516. The quantitative estimate of drug-likeness (QED) is 0.601. The molecule has 0 aliphatic rings. The maximum atomic E-state index is 12.4. The lowest BCUT2D eigenvalue weighted by Crippen LogP contribution is -2.35. The summed E-state index contributed by atoms with van der Waals surface area (Å²) >= 11 is 0. The highest BCUT2D eigenvalue weighted by Crippen LogP contribution is 2.25. The van der Waals surface area contributed by atoms with Gasteiger partial charge in [-0.15, -0.1) is 0 Å². The highest BCUT2D eigenvalue weighted by atomic mass is 19.3. The van der Waals surface area contributed by atoms with E-state index in [1.165, 1.54) is 25.3 Å². The van der Waals surface area contributed by atoms with Crippen LogP contribution in [0.4, 0.5) is 13.6 Å². The maximum Gasteiger partial charge on any atom is 0.387 e. The molecule has 0 saturated carbocycles. The van der Waals surface area contributed by atoms with Gasteiger partial charge in [0.15, 0.2) is 0 Å². The van der Waals surface area contributed by atoms with E-state index in [1.54, 1.807) is 0 Å². The molecule has 23 heavy (non-hydrogen) atoms. The lowest BCUT2D eigenvalue weighted by atomic mass is 10.2. The number of benzene rings is 1. The van der Waals surface area contributed by atoms with E-state index >= 15 is 0 Å². The first kappa shape index (κ1) is 18.5. The molecule has 0 heterocycles. The van der Waals surface area contributed by atoms with Crippen LogP contribution in [0.1, 0.15) is 18.4 Å². The Morgan fingerprint density at radius 3 is 2.65 bits per heavy atom. The number of nitrogens with one attached hydrogen (secondary N) is 2. The van der Waals surface area contributed by atoms with Gasteiger partial charge >= 0.3 is 18.6 Å². The zero-order valence-corrected chi connectivity index (χ0v) is 12.5. The van der Waals surface area contributed by atoms with Crippen LogP contribution in [0.3, 0.4) is 0 Å². The van der Waals surface area contributed by atoms with E-state index in [-0.39, 0.29) is 25.3 Å². The molecule has 0 aromatic heterocycles. The van der Waals surface area contributed by atoms with Crippen molar-refractivity contribution in [2.75, 3.05) is 13.7 Å². The Labute approximate surface area is 131 Å². The average Bonchev–Trinajstić information content (AvgIpc) is 2.49. The molecule has 2 amide bonds. The summed E-state index contributed by atoms with van der Waals surface area (Å²) in [4.78, 5) is 21.9. The van der Waals surface area contributed by atoms with Crippen molar-refractivity contribution in [1.82, 2.24) is 10.6 Å². The Hall–Kier alpha value is -2.58. The summed E-state index contributed by atoms with van der Waals surface area (Å²) < 4.78 is 34.1. The molecular weight excluding hydrogens is 314 g/mol. The second kappa shape index (κ2) is 9.44. The van der Waals surface area contributed by atoms with Crippen molar-refractivity contribution in [3.8, 4) is 11.5 Å². The van der Waals surface area contributed by atoms with Crippen LogP contribution in [-0.2, 0) is 11.3 Å². The van der Waals surface area contributed by atoms with Gasteiger partial charge in [-0.2, -0.15) is 8.78 Å². The van der Waals surface area contributed by atoms with Crippen molar-refractivity contribution < 1.29 is 33.0 Å². The molecule has 0 radical (unpaired) electrons.